The fraction of sp³-hybridized carbons (Fsp3) is 0.137. The number of pyridine rings is 8. The smallest absolute Gasteiger partial charge is 0.326 e. The van der Waals surface area contributed by atoms with Crippen LogP contribution in [0.15, 0.2) is 296 Å². The second-order valence-corrected chi connectivity index (χ2v) is 31.9. The summed E-state index contributed by atoms with van der Waals surface area (Å²) in [5, 5.41) is 35.3. The van der Waals surface area contributed by atoms with Gasteiger partial charge in [0, 0.05) is 171 Å². The molecule has 0 saturated carbocycles. The van der Waals surface area contributed by atoms with Gasteiger partial charge in [0.2, 0.25) is 5.12 Å². The Morgan fingerprint density at radius 1 is 0.432 bits per heavy atom. The average molecular weight is 1800 g/mol. The highest BCUT2D eigenvalue weighted by atomic mass is 32.2. The van der Waals surface area contributed by atoms with E-state index in [9.17, 15) is 38.4 Å². The molecule has 0 spiro atoms. The lowest BCUT2D eigenvalue weighted by Crippen LogP contribution is -2.34. The molecule has 0 aliphatic heterocycles. The molecular weight excluding hydrogens is 1700 g/mol. The number of nitrogens with one attached hydrogen (secondary N) is 4. The number of thiocyanates is 1. The van der Waals surface area contributed by atoms with Gasteiger partial charge in [0.15, 0.2) is 5.17 Å². The number of nitriles is 1. The van der Waals surface area contributed by atoms with Gasteiger partial charge >= 0.3 is 6.03 Å². The third-order valence-corrected chi connectivity index (χ3v) is 22.2. The SMILES string of the molecule is C.CSC(=Nc1ccc(C)c(-c2cc3cnc(C)cc3n(C)c2=O)c1)NC(=O)c1ccccc1.Cc1cc2c(cn1)cc(-c1cc(N)ccc1C)c(=O)n2C.Cc1cc2c(cn1)cc(-c1cc(NC(=O)NC(=O)c3ccccc3)ccc1C)c(=O)n2C.Cc1cc2c(cn1)cc(-c1cc(Nc3noc(-c4ccccc4)n3)ccc1C)c(=O)n2C.N#CSC(=O)c1ccccc1.NO. The monoisotopic (exact) mass is 1800 g/mol. The van der Waals surface area contributed by atoms with Crippen LogP contribution >= 0.6 is 23.5 Å². The fourth-order valence-corrected chi connectivity index (χ4v) is 14.9. The van der Waals surface area contributed by atoms with Crippen LogP contribution in [-0.2, 0) is 28.2 Å². The molecule has 0 atom stereocenters. The number of aromatic nitrogens is 10. The second kappa shape index (κ2) is 44.0. The van der Waals surface area contributed by atoms with E-state index in [1.54, 1.807) is 156 Å². The predicted molar refractivity (Wildman–Crippen MR) is 529 cm³/mol. The van der Waals surface area contributed by atoms with E-state index < -0.39 is 11.9 Å². The number of carbonyl (C=O) groups excluding carboxylic acids is 4. The summed E-state index contributed by atoms with van der Waals surface area (Å²) in [6, 6.07) is 72.7. The number of amidine groups is 1. The Hall–Kier alpha value is -16.2. The second-order valence-electron chi connectivity index (χ2n) is 30.3. The molecule has 0 radical (unpaired) electrons. The van der Waals surface area contributed by atoms with Crippen LogP contribution in [0.2, 0.25) is 0 Å². The minimum absolute atomic E-state index is 0. The van der Waals surface area contributed by atoms with Crippen molar-refractivity contribution in [2.45, 2.75) is 62.8 Å². The standard InChI is InChI=1S/C26H24N4O2S.C25H21N5O2.C25H22N4O3.C17H17N3O.C8H5NOS.CH4.H3NO/c1-16-10-11-20(28-26(33-4)29-24(31)18-8-6-5-7-9-18)14-21(16)22-13-19-15-27-17(2)12-23(19)30(3)25(22)32;1-15-9-10-19(27-25-28-23(32-29-25)17-7-5-4-6-8-17)13-20(15)21-12-18-14-26-16(2)11-22(18)30(3)24(21)31;1-15-9-10-19(27-25(32)28-23(30)17-7-5-4-6-8-17)13-20(15)21-12-18-14-26-16(2)11-22(18)29(3)24(21)31;1-10-4-5-13(18)8-14(10)15-7-12-9-19-11(2)6-16(12)20(3)17(15)21;9-6-11-8(10)7-4-2-1-3-5-7;;1-2/h5-15H,1-4H3,(H,28,29,31);4-14H,1-3H3,(H,27,29);4-14H,1-3H3,(H2,27,28,30,32);4-9H,18H2,1-3H3;1-5H;1H4;2H,1H2. The van der Waals surface area contributed by atoms with Gasteiger partial charge in [-0.2, -0.15) is 10.2 Å². The van der Waals surface area contributed by atoms with Crippen LogP contribution < -0.4 is 55.1 Å². The third-order valence-electron chi connectivity index (χ3n) is 21.2. The first-order valence-electron chi connectivity index (χ1n) is 40.8. The first kappa shape index (κ1) is 96.4. The first-order chi connectivity index (χ1) is 63.0. The van der Waals surface area contributed by atoms with Crippen LogP contribution in [0.3, 0.4) is 0 Å². The number of rotatable bonds is 12. The zero-order valence-corrected chi connectivity index (χ0v) is 75.5. The molecule has 0 fully saturated rings. The van der Waals surface area contributed by atoms with E-state index in [1.165, 1.54) is 11.8 Å². The van der Waals surface area contributed by atoms with Gasteiger partial charge in [-0.15, -0.1) is 0 Å². The van der Waals surface area contributed by atoms with Crippen molar-refractivity contribution in [1.82, 2.24) is 59.0 Å². The molecule has 9 N–H and O–H groups in total. The molecule has 17 rings (SSSR count). The lowest BCUT2D eigenvalue weighted by Gasteiger charge is -2.13. The number of nitrogens with two attached hydrogens (primary N) is 2. The quantitative estimate of drug-likeness (QED) is 0.0196. The molecule has 0 unspecified atom stereocenters. The minimum atomic E-state index is -0.653. The summed E-state index contributed by atoms with van der Waals surface area (Å²) in [5.74, 6) is 3.57. The molecule has 17 aromatic rings. The molecule has 8 aromatic carbocycles. The number of fused-ring (bicyclic) bond motifs is 4. The molecule has 0 aliphatic carbocycles. The summed E-state index contributed by atoms with van der Waals surface area (Å²) in [6.45, 7) is 15.4. The van der Waals surface area contributed by atoms with Crippen molar-refractivity contribution in [1.29, 1.82) is 5.26 Å². The van der Waals surface area contributed by atoms with Gasteiger partial charge < -0.3 is 49.7 Å². The Kier molecular flexibility index (Phi) is 32.2. The van der Waals surface area contributed by atoms with Crippen molar-refractivity contribution >= 4 is 124 Å². The molecule has 132 heavy (non-hydrogen) atoms. The van der Waals surface area contributed by atoms with Crippen molar-refractivity contribution in [3.8, 4) is 61.4 Å². The van der Waals surface area contributed by atoms with Gasteiger partial charge in [0.25, 0.3) is 45.9 Å². The molecule has 28 nitrogen and oxygen atoms in total. The topological polar surface area (TPSA) is 403 Å². The highest BCUT2D eigenvalue weighted by Gasteiger charge is 2.21. The van der Waals surface area contributed by atoms with Crippen molar-refractivity contribution in [3.63, 3.8) is 0 Å². The van der Waals surface area contributed by atoms with E-state index in [1.807, 2.05) is 225 Å². The average Bonchev–Trinajstić information content (AvgIpc) is 1.12. The molecule has 666 valence electrons. The molecule has 0 saturated heterocycles. The van der Waals surface area contributed by atoms with E-state index in [0.29, 0.717) is 90.3 Å². The number of nitrogens with zero attached hydrogens (tertiary/aromatic N) is 12. The van der Waals surface area contributed by atoms with Crippen LogP contribution in [-0.4, -0.2) is 87.9 Å². The number of thioether (sulfide) groups is 2. The number of urea groups is 1. The Morgan fingerprint density at radius 2 is 0.788 bits per heavy atom. The first-order valence-corrected chi connectivity index (χ1v) is 42.8. The number of amides is 4. The summed E-state index contributed by atoms with van der Waals surface area (Å²) in [6.07, 6.45) is 8.99. The van der Waals surface area contributed by atoms with Crippen LogP contribution in [0, 0.1) is 66.1 Å². The maximum atomic E-state index is 13.2. The zero-order chi connectivity index (χ0) is 93.9. The van der Waals surface area contributed by atoms with Gasteiger partial charge in [-0.1, -0.05) is 128 Å². The van der Waals surface area contributed by atoms with E-state index in [0.717, 1.165) is 117 Å². The van der Waals surface area contributed by atoms with Gasteiger partial charge in [0.05, 0.1) is 27.8 Å². The molecular formula is C102H96N18O10S2. The number of anilines is 4. The molecule has 4 amide bonds. The van der Waals surface area contributed by atoms with Crippen molar-refractivity contribution < 1.29 is 28.9 Å². The Bertz CT molecular complexity index is 7530. The molecule has 9 aromatic heterocycles. The number of hydrogen-bond donors (Lipinski definition) is 7. The third kappa shape index (κ3) is 23.2. The summed E-state index contributed by atoms with van der Waals surface area (Å²) in [7, 11) is 7.08. The summed E-state index contributed by atoms with van der Waals surface area (Å²) in [4.78, 5) is 127. The van der Waals surface area contributed by atoms with Gasteiger partial charge in [-0.25, -0.2) is 15.7 Å². The molecule has 9 heterocycles. The van der Waals surface area contributed by atoms with Crippen LogP contribution in [0.25, 0.3) is 99.6 Å². The number of imide groups is 1. The van der Waals surface area contributed by atoms with Crippen LogP contribution in [0.5, 0.6) is 0 Å². The van der Waals surface area contributed by atoms with Crippen LogP contribution in [0.1, 0.15) is 83.5 Å². The number of benzene rings is 8. The summed E-state index contributed by atoms with van der Waals surface area (Å²) < 4.78 is 12.0. The molecule has 30 heteroatoms. The number of aryl methyl sites for hydroxylation is 12. The summed E-state index contributed by atoms with van der Waals surface area (Å²) in [5.41, 5.74) is 26.7. The van der Waals surface area contributed by atoms with Gasteiger partial charge in [-0.3, -0.25) is 58.8 Å². The number of aliphatic imine (C=N–C) groups is 1. The maximum absolute atomic E-state index is 13.2. The summed E-state index contributed by atoms with van der Waals surface area (Å²) >= 11 is 2.00. The van der Waals surface area contributed by atoms with E-state index in [2.05, 4.69) is 62.2 Å². The molecule has 0 aliphatic rings. The van der Waals surface area contributed by atoms with Gasteiger partial charge in [-0.05, 0) is 245 Å². The van der Waals surface area contributed by atoms with Gasteiger partial charge in [0.1, 0.15) is 5.40 Å². The number of hydrogen-bond acceptors (Lipinski definition) is 23. The fourth-order valence-electron chi connectivity index (χ4n) is 14.2. The normalized spacial score (nSPS) is 10.7. The van der Waals surface area contributed by atoms with E-state index >= 15 is 0 Å². The maximum Gasteiger partial charge on any atom is 0.326 e. The van der Waals surface area contributed by atoms with Crippen LogP contribution in [0.4, 0.5) is 33.5 Å². The number of nitrogen functional groups attached to an aromatic ring is 1. The van der Waals surface area contributed by atoms with Crippen molar-refractivity contribution in [3.05, 3.63) is 371 Å². The predicted octanol–water partition coefficient (Wildman–Crippen LogP) is 19.0. The zero-order valence-electron chi connectivity index (χ0n) is 73.9. The van der Waals surface area contributed by atoms with Crippen molar-refractivity contribution in [2.75, 3.05) is 22.6 Å². The minimum Gasteiger partial charge on any atom is -0.399 e. The number of carbonyl (C=O) groups is 4. The highest BCUT2D eigenvalue weighted by Crippen LogP contribution is 2.34. The Labute approximate surface area is 768 Å². The lowest BCUT2D eigenvalue weighted by atomic mass is 9.99. The van der Waals surface area contributed by atoms with Crippen molar-refractivity contribution in [2.24, 2.45) is 39.1 Å². The van der Waals surface area contributed by atoms with E-state index in [4.69, 9.17) is 20.7 Å². The Balaban J connectivity index is 0.000000163. The lowest BCUT2D eigenvalue weighted by molar-refractivity contribution is 0.0962. The molecule has 0 bridgehead atoms. The van der Waals surface area contributed by atoms with E-state index in [-0.39, 0.29) is 40.7 Å². The Morgan fingerprint density at radius 3 is 1.20 bits per heavy atom. The largest absolute Gasteiger partial charge is 0.399 e. The highest BCUT2D eigenvalue weighted by molar-refractivity contribution is 8.18.